The van der Waals surface area contributed by atoms with Crippen molar-refractivity contribution < 1.29 is 4.98 Å². The van der Waals surface area contributed by atoms with E-state index in [2.05, 4.69) is 77.8 Å². The maximum atomic E-state index is 3.48. The Hall–Kier alpha value is -3.19. The van der Waals surface area contributed by atoms with E-state index in [9.17, 15) is 0 Å². The van der Waals surface area contributed by atoms with Crippen molar-refractivity contribution in [2.24, 2.45) is 0 Å². The zero-order valence-corrected chi connectivity index (χ0v) is 13.0. The minimum Gasteiger partial charge on any atom is -0.211 e. The molecule has 0 bridgehead atoms. The molecule has 1 N–H and O–H groups in total. The van der Waals surface area contributed by atoms with Gasteiger partial charge in [-0.1, -0.05) is 54.6 Å². The Morgan fingerprint density at radius 3 is 1.62 bits per heavy atom. The van der Waals surface area contributed by atoms with E-state index < -0.39 is 0 Å². The van der Waals surface area contributed by atoms with Crippen molar-refractivity contribution in [3.05, 3.63) is 79.0 Å². The van der Waals surface area contributed by atoms with Gasteiger partial charge in [0.2, 0.25) is 5.52 Å². The summed E-state index contributed by atoms with van der Waals surface area (Å²) >= 11 is 0. The van der Waals surface area contributed by atoms with Crippen LogP contribution in [0.3, 0.4) is 0 Å². The monoisotopic (exact) mass is 304 g/mol. The van der Waals surface area contributed by atoms with Gasteiger partial charge in [-0.2, -0.15) is 0 Å². The van der Waals surface area contributed by atoms with Crippen LogP contribution in [0.1, 0.15) is 0 Å². The predicted octanol–water partition coefficient (Wildman–Crippen LogP) is 5.70. The molecule has 5 aromatic carbocycles. The first-order valence-corrected chi connectivity index (χ1v) is 8.31. The summed E-state index contributed by atoms with van der Waals surface area (Å²) in [4.78, 5) is 3.48. The molecule has 0 spiro atoms. The number of nitrogens with one attached hydrogen (secondary N) is 1. The predicted molar refractivity (Wildman–Crippen MR) is 102 cm³/mol. The minimum atomic E-state index is 1.22. The van der Waals surface area contributed by atoms with Crippen molar-refractivity contribution in [3.63, 3.8) is 0 Å². The highest BCUT2D eigenvalue weighted by Crippen LogP contribution is 2.43. The van der Waals surface area contributed by atoms with Gasteiger partial charge in [-0.3, -0.25) is 0 Å². The lowest BCUT2D eigenvalue weighted by molar-refractivity contribution is -0.343. The van der Waals surface area contributed by atoms with Crippen molar-refractivity contribution in [2.45, 2.75) is 0 Å². The third-order valence-corrected chi connectivity index (χ3v) is 5.30. The first-order valence-electron chi connectivity index (χ1n) is 8.31. The van der Waals surface area contributed by atoms with E-state index in [0.29, 0.717) is 0 Å². The summed E-state index contributed by atoms with van der Waals surface area (Å²) in [6, 6.07) is 26.4. The second kappa shape index (κ2) is 4.21. The number of pyridine rings is 1. The van der Waals surface area contributed by atoms with E-state index in [1.165, 1.54) is 54.0 Å². The zero-order chi connectivity index (χ0) is 15.7. The summed E-state index contributed by atoms with van der Waals surface area (Å²) in [5, 5.41) is 12.0. The Balaban J connectivity index is 2.16. The van der Waals surface area contributed by atoms with Gasteiger partial charge >= 0.3 is 0 Å². The van der Waals surface area contributed by atoms with Crippen molar-refractivity contribution in [1.29, 1.82) is 0 Å². The summed E-state index contributed by atoms with van der Waals surface area (Å²) in [5.41, 5.74) is 1.22. The Kier molecular flexibility index (Phi) is 2.15. The number of fused-ring (bicyclic) bond motifs is 6. The van der Waals surface area contributed by atoms with Crippen LogP contribution in [0.2, 0.25) is 0 Å². The number of rotatable bonds is 0. The summed E-state index contributed by atoms with van der Waals surface area (Å²) in [7, 11) is 0. The fourth-order valence-corrected chi connectivity index (χ4v) is 4.36. The first-order chi connectivity index (χ1) is 11.9. The standard InChI is InChI=1S/C23H13N/c1-2-7-15-14(6-1)16-8-3-10-18-19-12-5-13-24-23(19)20-11-4-9-17(15)22(20)21(16)18/h1-13H/p+1. The number of hydrogen-bond donors (Lipinski definition) is 0. The van der Waals surface area contributed by atoms with Crippen molar-refractivity contribution in [3.8, 4) is 0 Å². The van der Waals surface area contributed by atoms with Crippen LogP contribution < -0.4 is 4.98 Å². The Bertz CT molecular complexity index is 1190. The van der Waals surface area contributed by atoms with Gasteiger partial charge in [-0.25, -0.2) is 4.98 Å². The average Bonchev–Trinajstić information content (AvgIpc) is 2.67. The van der Waals surface area contributed by atoms with Gasteiger partial charge in [0.15, 0.2) is 6.20 Å². The lowest BCUT2D eigenvalue weighted by Crippen LogP contribution is -2.03. The van der Waals surface area contributed by atoms with E-state index in [-0.39, 0.29) is 0 Å². The zero-order valence-electron chi connectivity index (χ0n) is 13.0. The molecule has 0 aliphatic heterocycles. The van der Waals surface area contributed by atoms with Crippen LogP contribution in [0.4, 0.5) is 0 Å². The third kappa shape index (κ3) is 1.34. The molecule has 1 aromatic heterocycles. The van der Waals surface area contributed by atoms with Crippen molar-refractivity contribution in [1.82, 2.24) is 0 Å². The van der Waals surface area contributed by atoms with Crippen LogP contribution in [0.25, 0.3) is 54.0 Å². The Morgan fingerprint density at radius 1 is 0.417 bits per heavy atom. The lowest BCUT2D eigenvalue weighted by Gasteiger charge is -2.15. The molecular weight excluding hydrogens is 290 g/mol. The van der Waals surface area contributed by atoms with Crippen molar-refractivity contribution in [2.75, 3.05) is 0 Å². The maximum Gasteiger partial charge on any atom is 0.219 e. The summed E-state index contributed by atoms with van der Waals surface area (Å²) in [6.45, 7) is 0. The summed E-state index contributed by atoms with van der Waals surface area (Å²) in [6.07, 6.45) is 2.02. The summed E-state index contributed by atoms with van der Waals surface area (Å²) in [5.74, 6) is 0. The largest absolute Gasteiger partial charge is 0.219 e. The molecule has 0 saturated carbocycles. The Labute approximate surface area is 138 Å². The third-order valence-electron chi connectivity index (χ3n) is 5.30. The van der Waals surface area contributed by atoms with Crippen LogP contribution in [0.15, 0.2) is 79.0 Å². The van der Waals surface area contributed by atoms with Crippen LogP contribution in [0.5, 0.6) is 0 Å². The van der Waals surface area contributed by atoms with Gasteiger partial charge in [-0.15, -0.1) is 0 Å². The number of benzene rings is 5. The van der Waals surface area contributed by atoms with E-state index in [0.717, 1.165) is 0 Å². The number of aromatic amines is 1. The first kappa shape index (κ1) is 12.3. The SMILES string of the molecule is c1ccc2c(c1)c1cccc3c4ccc[nH+]c4c4cccc2c4c13. The van der Waals surface area contributed by atoms with E-state index in [4.69, 9.17) is 0 Å². The molecule has 0 fully saturated rings. The fraction of sp³-hybridized carbons (Fsp3) is 0. The van der Waals surface area contributed by atoms with E-state index in [1.807, 2.05) is 6.20 Å². The highest BCUT2D eigenvalue weighted by molar-refractivity contribution is 6.38. The van der Waals surface area contributed by atoms with Gasteiger partial charge in [0.05, 0.1) is 10.8 Å². The second-order valence-corrected chi connectivity index (χ2v) is 6.46. The molecule has 0 radical (unpaired) electrons. The van der Waals surface area contributed by atoms with Gasteiger partial charge < -0.3 is 0 Å². The second-order valence-electron chi connectivity index (χ2n) is 6.46. The van der Waals surface area contributed by atoms with E-state index in [1.54, 1.807) is 0 Å². The normalized spacial score (nSPS) is 12.2. The van der Waals surface area contributed by atoms with Gasteiger partial charge in [0.25, 0.3) is 0 Å². The molecule has 0 aliphatic rings. The molecule has 1 nitrogen and oxygen atoms in total. The quantitative estimate of drug-likeness (QED) is 0.252. The van der Waals surface area contributed by atoms with Gasteiger partial charge in [0, 0.05) is 11.5 Å². The molecule has 0 aliphatic carbocycles. The Morgan fingerprint density at radius 2 is 0.917 bits per heavy atom. The molecular formula is C23H14N+. The van der Waals surface area contributed by atoms with Crippen LogP contribution in [-0.4, -0.2) is 0 Å². The molecule has 110 valence electrons. The molecule has 1 heteroatoms. The summed E-state index contributed by atoms with van der Waals surface area (Å²) < 4.78 is 0. The van der Waals surface area contributed by atoms with Crippen molar-refractivity contribution >= 4 is 54.0 Å². The van der Waals surface area contributed by atoms with E-state index >= 15 is 0 Å². The van der Waals surface area contributed by atoms with Crippen LogP contribution >= 0.6 is 0 Å². The van der Waals surface area contributed by atoms with Crippen LogP contribution in [0, 0.1) is 0 Å². The topological polar surface area (TPSA) is 14.1 Å². The number of hydrogen-bond acceptors (Lipinski definition) is 0. The minimum absolute atomic E-state index is 1.22. The highest BCUT2D eigenvalue weighted by Gasteiger charge is 2.18. The molecule has 0 atom stereocenters. The fourth-order valence-electron chi connectivity index (χ4n) is 4.36. The lowest BCUT2D eigenvalue weighted by atomic mass is 9.87. The van der Waals surface area contributed by atoms with Crippen LogP contribution in [-0.2, 0) is 0 Å². The molecule has 0 amide bonds. The highest BCUT2D eigenvalue weighted by atomic mass is 14.6. The molecule has 6 aromatic rings. The van der Waals surface area contributed by atoms with Gasteiger partial charge in [0.1, 0.15) is 0 Å². The molecule has 0 unspecified atom stereocenters. The molecule has 24 heavy (non-hydrogen) atoms. The number of aromatic nitrogens is 1. The smallest absolute Gasteiger partial charge is 0.211 e. The molecule has 6 rings (SSSR count). The molecule has 1 heterocycles. The van der Waals surface area contributed by atoms with Gasteiger partial charge in [-0.05, 0) is 44.5 Å². The maximum absolute atomic E-state index is 3.48. The number of H-pyrrole nitrogens is 1. The molecule has 0 saturated heterocycles. The average molecular weight is 304 g/mol.